The Balaban J connectivity index is 2.70. The van der Waals surface area contributed by atoms with E-state index in [1.165, 1.54) is 0 Å². The monoisotopic (exact) mass is 303 g/mol. The average molecular weight is 303 g/mol. The summed E-state index contributed by atoms with van der Waals surface area (Å²) >= 11 is 0. The molecule has 1 aromatic heterocycles. The van der Waals surface area contributed by atoms with Crippen LogP contribution < -0.4 is 10.0 Å². The van der Waals surface area contributed by atoms with Crippen LogP contribution in [0.4, 0.5) is 0 Å². The van der Waals surface area contributed by atoms with Crippen molar-refractivity contribution < 1.29 is 23.1 Å². The number of sulfonamides is 1. The fraction of sp³-hybridized carbons (Fsp3) is 0.455. The number of carbonyl (C=O) groups excluding carboxylic acids is 1. The van der Waals surface area contributed by atoms with E-state index in [2.05, 4.69) is 15.0 Å². The molecule has 1 rings (SSSR count). The van der Waals surface area contributed by atoms with Gasteiger partial charge in [-0.1, -0.05) is 0 Å². The number of H-pyrrole nitrogens is 1. The molecule has 0 radical (unpaired) electrons. The largest absolute Gasteiger partial charge is 0.477 e. The number of hydrogen-bond donors (Lipinski definition) is 4. The van der Waals surface area contributed by atoms with Gasteiger partial charge in [0.25, 0.3) is 0 Å². The first kappa shape index (κ1) is 16.2. The van der Waals surface area contributed by atoms with Gasteiger partial charge in [0, 0.05) is 11.7 Å². The molecule has 0 saturated heterocycles. The van der Waals surface area contributed by atoms with E-state index in [0.29, 0.717) is 0 Å². The van der Waals surface area contributed by atoms with E-state index in [-0.39, 0.29) is 10.6 Å². The van der Waals surface area contributed by atoms with Gasteiger partial charge in [0.1, 0.15) is 10.6 Å². The summed E-state index contributed by atoms with van der Waals surface area (Å²) < 4.78 is 25.8. The second-order valence-electron chi connectivity index (χ2n) is 5.18. The van der Waals surface area contributed by atoms with Gasteiger partial charge in [-0.3, -0.25) is 4.79 Å². The predicted octanol–water partition coefficient (Wildman–Crippen LogP) is -0.0941. The molecule has 112 valence electrons. The van der Waals surface area contributed by atoms with Crippen molar-refractivity contribution >= 4 is 21.9 Å². The molecule has 0 bridgehead atoms. The van der Waals surface area contributed by atoms with E-state index < -0.39 is 34.0 Å². The zero-order valence-electron chi connectivity index (χ0n) is 11.4. The highest BCUT2D eigenvalue weighted by atomic mass is 32.2. The van der Waals surface area contributed by atoms with Crippen molar-refractivity contribution in [3.63, 3.8) is 0 Å². The van der Waals surface area contributed by atoms with Crippen LogP contribution >= 0.6 is 0 Å². The number of nitrogens with one attached hydrogen (secondary N) is 3. The fourth-order valence-corrected chi connectivity index (χ4v) is 2.33. The van der Waals surface area contributed by atoms with Gasteiger partial charge in [0.15, 0.2) is 0 Å². The standard InChI is InChI=1S/C11H17N3O5S/c1-11(2,3)14-9(15)6-13-20(18,19)7-4-8(10(16)17)12-5-7/h4-5,12-13H,6H2,1-3H3,(H,14,15)(H,16,17). The third-order valence-electron chi connectivity index (χ3n) is 2.13. The molecule has 0 saturated carbocycles. The summed E-state index contributed by atoms with van der Waals surface area (Å²) in [6.45, 7) is 4.88. The molecule has 1 heterocycles. The first-order valence-electron chi connectivity index (χ1n) is 5.74. The first-order valence-corrected chi connectivity index (χ1v) is 7.22. The van der Waals surface area contributed by atoms with E-state index in [9.17, 15) is 18.0 Å². The lowest BCUT2D eigenvalue weighted by molar-refractivity contribution is -0.121. The molecule has 0 fully saturated rings. The molecule has 1 amide bonds. The second kappa shape index (κ2) is 5.63. The Kier molecular flexibility index (Phi) is 4.56. The maximum Gasteiger partial charge on any atom is 0.352 e. The SMILES string of the molecule is CC(C)(C)NC(=O)CNS(=O)(=O)c1c[nH]c(C(=O)O)c1. The smallest absolute Gasteiger partial charge is 0.352 e. The van der Waals surface area contributed by atoms with Gasteiger partial charge < -0.3 is 15.4 Å². The highest BCUT2D eigenvalue weighted by molar-refractivity contribution is 7.89. The first-order chi connectivity index (χ1) is 9.01. The molecule has 0 spiro atoms. The fourth-order valence-electron chi connectivity index (χ4n) is 1.36. The highest BCUT2D eigenvalue weighted by Gasteiger charge is 2.20. The lowest BCUT2D eigenvalue weighted by Gasteiger charge is -2.20. The Morgan fingerprint density at radius 1 is 1.35 bits per heavy atom. The molecular weight excluding hydrogens is 286 g/mol. The van der Waals surface area contributed by atoms with Gasteiger partial charge in [-0.2, -0.15) is 0 Å². The minimum absolute atomic E-state index is 0.238. The minimum atomic E-state index is -3.93. The summed E-state index contributed by atoms with van der Waals surface area (Å²) in [5, 5.41) is 11.3. The van der Waals surface area contributed by atoms with Crippen molar-refractivity contribution in [1.82, 2.24) is 15.0 Å². The zero-order valence-corrected chi connectivity index (χ0v) is 12.2. The van der Waals surface area contributed by atoms with Crippen molar-refractivity contribution in [1.29, 1.82) is 0 Å². The van der Waals surface area contributed by atoms with E-state index in [1.54, 1.807) is 20.8 Å². The summed E-state index contributed by atoms with van der Waals surface area (Å²) in [6.07, 6.45) is 1.05. The Hall–Kier alpha value is -1.87. The van der Waals surface area contributed by atoms with Gasteiger partial charge in [-0.25, -0.2) is 17.9 Å². The predicted molar refractivity (Wildman–Crippen MR) is 70.8 cm³/mol. The van der Waals surface area contributed by atoms with Crippen molar-refractivity contribution in [2.45, 2.75) is 31.2 Å². The number of aromatic amines is 1. The zero-order chi connectivity index (χ0) is 15.6. The molecule has 20 heavy (non-hydrogen) atoms. The summed E-state index contributed by atoms with van der Waals surface area (Å²) in [4.78, 5) is 24.2. The van der Waals surface area contributed by atoms with Crippen LogP contribution in [0.2, 0.25) is 0 Å². The molecule has 0 atom stereocenters. The van der Waals surface area contributed by atoms with Crippen molar-refractivity contribution in [2.75, 3.05) is 6.54 Å². The molecule has 4 N–H and O–H groups in total. The van der Waals surface area contributed by atoms with Crippen LogP contribution in [0.3, 0.4) is 0 Å². The van der Waals surface area contributed by atoms with Crippen molar-refractivity contribution in [2.24, 2.45) is 0 Å². The van der Waals surface area contributed by atoms with Gasteiger partial charge in [0.2, 0.25) is 15.9 Å². The van der Waals surface area contributed by atoms with Crippen LogP contribution in [0.15, 0.2) is 17.2 Å². The molecule has 0 aliphatic rings. The Morgan fingerprint density at radius 2 is 1.95 bits per heavy atom. The molecule has 8 nitrogen and oxygen atoms in total. The number of carboxylic acids is 1. The van der Waals surface area contributed by atoms with Crippen LogP contribution in [-0.4, -0.2) is 42.5 Å². The molecule has 9 heteroatoms. The summed E-state index contributed by atoms with van der Waals surface area (Å²) in [6, 6.07) is 0.979. The van der Waals surface area contributed by atoms with E-state index in [1.807, 2.05) is 0 Å². The third-order valence-corrected chi connectivity index (χ3v) is 3.52. The van der Waals surface area contributed by atoms with E-state index in [4.69, 9.17) is 5.11 Å². The van der Waals surface area contributed by atoms with Crippen molar-refractivity contribution in [3.05, 3.63) is 18.0 Å². The van der Waals surface area contributed by atoms with Crippen LogP contribution in [0.1, 0.15) is 31.3 Å². The van der Waals surface area contributed by atoms with Gasteiger partial charge >= 0.3 is 5.97 Å². The summed E-state index contributed by atoms with van der Waals surface area (Å²) in [5.41, 5.74) is -0.711. The lowest BCUT2D eigenvalue weighted by Crippen LogP contribution is -2.45. The Labute approximate surface area is 116 Å². The maximum atomic E-state index is 11.8. The molecular formula is C11H17N3O5S. The quantitative estimate of drug-likeness (QED) is 0.604. The molecule has 0 unspecified atom stereocenters. The van der Waals surface area contributed by atoms with Crippen molar-refractivity contribution in [3.8, 4) is 0 Å². The maximum absolute atomic E-state index is 11.8. The normalized spacial score (nSPS) is 12.2. The topological polar surface area (TPSA) is 128 Å². The van der Waals surface area contributed by atoms with Crippen LogP contribution in [0, 0.1) is 0 Å². The van der Waals surface area contributed by atoms with Crippen LogP contribution in [-0.2, 0) is 14.8 Å². The van der Waals surface area contributed by atoms with Gasteiger partial charge in [-0.05, 0) is 26.8 Å². The molecule has 0 aromatic carbocycles. The van der Waals surface area contributed by atoms with E-state index >= 15 is 0 Å². The molecule has 0 aliphatic carbocycles. The van der Waals surface area contributed by atoms with E-state index in [0.717, 1.165) is 12.3 Å². The minimum Gasteiger partial charge on any atom is -0.477 e. The number of rotatable bonds is 5. The summed E-state index contributed by atoms with van der Waals surface area (Å²) in [7, 11) is -3.93. The Bertz CT molecular complexity index is 612. The lowest BCUT2D eigenvalue weighted by atomic mass is 10.1. The average Bonchev–Trinajstić information content (AvgIpc) is 2.74. The molecule has 1 aromatic rings. The van der Waals surface area contributed by atoms with Gasteiger partial charge in [0.05, 0.1) is 6.54 Å². The number of hydrogen-bond acceptors (Lipinski definition) is 4. The number of aromatic carboxylic acids is 1. The number of carboxylic acid groups (broad SMARTS) is 1. The van der Waals surface area contributed by atoms with Crippen LogP contribution in [0.5, 0.6) is 0 Å². The number of carbonyl (C=O) groups is 2. The second-order valence-corrected chi connectivity index (χ2v) is 6.94. The third kappa shape index (κ3) is 4.67. The Morgan fingerprint density at radius 3 is 2.40 bits per heavy atom. The highest BCUT2D eigenvalue weighted by Crippen LogP contribution is 2.10. The van der Waals surface area contributed by atoms with Crippen LogP contribution in [0.25, 0.3) is 0 Å². The number of amides is 1. The summed E-state index contributed by atoms with van der Waals surface area (Å²) in [5.74, 6) is -1.74. The van der Waals surface area contributed by atoms with Gasteiger partial charge in [-0.15, -0.1) is 0 Å². The molecule has 0 aliphatic heterocycles. The number of aromatic nitrogens is 1.